The number of hydrogen-bond acceptors (Lipinski definition) is 2. The quantitative estimate of drug-likeness (QED) is 0.641. The van der Waals surface area contributed by atoms with Gasteiger partial charge < -0.3 is 10.4 Å². The number of unbranched alkanes of at least 4 members (excludes halogenated alkanes) is 2. The SMILES string of the molecule is CC1(C)C[C@H](CCCCCO)CN1. The van der Waals surface area contributed by atoms with Gasteiger partial charge in [0.2, 0.25) is 0 Å². The summed E-state index contributed by atoms with van der Waals surface area (Å²) in [6.45, 7) is 6.10. The Morgan fingerprint density at radius 1 is 1.31 bits per heavy atom. The van der Waals surface area contributed by atoms with Gasteiger partial charge in [-0.1, -0.05) is 12.8 Å². The highest BCUT2D eigenvalue weighted by molar-refractivity contribution is 4.88. The van der Waals surface area contributed by atoms with Gasteiger partial charge in [-0.25, -0.2) is 0 Å². The first kappa shape index (κ1) is 11.0. The molecule has 0 aromatic rings. The highest BCUT2D eigenvalue weighted by Gasteiger charge is 2.29. The molecular weight excluding hydrogens is 162 g/mol. The molecule has 1 fully saturated rings. The molecule has 1 heterocycles. The van der Waals surface area contributed by atoms with E-state index in [2.05, 4.69) is 19.2 Å². The zero-order valence-corrected chi connectivity index (χ0v) is 8.97. The lowest BCUT2D eigenvalue weighted by Gasteiger charge is -2.17. The second-order valence-corrected chi connectivity index (χ2v) is 4.91. The van der Waals surface area contributed by atoms with Gasteiger partial charge in [0.25, 0.3) is 0 Å². The molecule has 0 saturated carbocycles. The van der Waals surface area contributed by atoms with Gasteiger partial charge >= 0.3 is 0 Å². The van der Waals surface area contributed by atoms with Crippen LogP contribution in [0.5, 0.6) is 0 Å². The summed E-state index contributed by atoms with van der Waals surface area (Å²) in [4.78, 5) is 0. The molecule has 0 aromatic carbocycles. The summed E-state index contributed by atoms with van der Waals surface area (Å²) < 4.78 is 0. The van der Waals surface area contributed by atoms with Crippen molar-refractivity contribution in [3.8, 4) is 0 Å². The maximum absolute atomic E-state index is 8.63. The summed E-state index contributed by atoms with van der Waals surface area (Å²) in [7, 11) is 0. The molecule has 13 heavy (non-hydrogen) atoms. The predicted octanol–water partition coefficient (Wildman–Crippen LogP) is 1.93. The Morgan fingerprint density at radius 2 is 2.08 bits per heavy atom. The maximum Gasteiger partial charge on any atom is 0.0431 e. The third-order valence-electron chi connectivity index (χ3n) is 2.94. The first-order valence-electron chi connectivity index (χ1n) is 5.50. The highest BCUT2D eigenvalue weighted by atomic mass is 16.2. The highest BCUT2D eigenvalue weighted by Crippen LogP contribution is 2.26. The Labute approximate surface area is 81.7 Å². The lowest BCUT2D eigenvalue weighted by molar-refractivity contribution is 0.280. The van der Waals surface area contributed by atoms with Crippen molar-refractivity contribution in [3.05, 3.63) is 0 Å². The number of aliphatic hydroxyl groups is 1. The van der Waals surface area contributed by atoms with Crippen molar-refractivity contribution in [1.29, 1.82) is 0 Å². The van der Waals surface area contributed by atoms with Crippen molar-refractivity contribution in [3.63, 3.8) is 0 Å². The maximum atomic E-state index is 8.63. The molecule has 2 heteroatoms. The molecule has 2 nitrogen and oxygen atoms in total. The molecular formula is C11H23NO. The van der Waals surface area contributed by atoms with Gasteiger partial charge in [-0.3, -0.25) is 0 Å². The Kier molecular flexibility index (Phi) is 4.20. The number of rotatable bonds is 5. The second kappa shape index (κ2) is 4.97. The van der Waals surface area contributed by atoms with Crippen LogP contribution in [0.1, 0.15) is 46.0 Å². The first-order valence-corrected chi connectivity index (χ1v) is 5.50. The molecule has 78 valence electrons. The average Bonchev–Trinajstić information content (AvgIpc) is 2.40. The van der Waals surface area contributed by atoms with E-state index in [-0.39, 0.29) is 0 Å². The van der Waals surface area contributed by atoms with Gasteiger partial charge in [-0.2, -0.15) is 0 Å². The topological polar surface area (TPSA) is 32.3 Å². The minimum atomic E-state index is 0.356. The van der Waals surface area contributed by atoms with Gasteiger partial charge in [0.1, 0.15) is 0 Å². The summed E-state index contributed by atoms with van der Waals surface area (Å²) in [6, 6.07) is 0. The summed E-state index contributed by atoms with van der Waals surface area (Å²) in [6.07, 6.45) is 6.09. The van der Waals surface area contributed by atoms with Gasteiger partial charge in [-0.05, 0) is 45.6 Å². The van der Waals surface area contributed by atoms with Crippen molar-refractivity contribution in [1.82, 2.24) is 5.32 Å². The molecule has 1 saturated heterocycles. The normalized spacial score (nSPS) is 26.5. The van der Waals surface area contributed by atoms with Crippen molar-refractivity contribution >= 4 is 0 Å². The molecule has 1 atom stereocenters. The van der Waals surface area contributed by atoms with Crippen molar-refractivity contribution in [2.24, 2.45) is 5.92 Å². The lowest BCUT2D eigenvalue weighted by Crippen LogP contribution is -2.31. The minimum absolute atomic E-state index is 0.356. The Balaban J connectivity index is 2.04. The van der Waals surface area contributed by atoms with E-state index in [1.54, 1.807) is 0 Å². The van der Waals surface area contributed by atoms with E-state index < -0.39 is 0 Å². The molecule has 0 aliphatic carbocycles. The number of hydrogen-bond donors (Lipinski definition) is 2. The molecule has 1 aliphatic rings. The Hall–Kier alpha value is -0.0800. The Morgan fingerprint density at radius 3 is 2.62 bits per heavy atom. The van der Waals surface area contributed by atoms with E-state index in [0.29, 0.717) is 12.1 Å². The lowest BCUT2D eigenvalue weighted by atomic mass is 9.93. The van der Waals surface area contributed by atoms with Gasteiger partial charge in [-0.15, -0.1) is 0 Å². The molecule has 1 aliphatic heterocycles. The van der Waals surface area contributed by atoms with Crippen LogP contribution >= 0.6 is 0 Å². The van der Waals surface area contributed by atoms with Crippen LogP contribution in [-0.4, -0.2) is 23.8 Å². The average molecular weight is 185 g/mol. The zero-order chi connectivity index (χ0) is 9.73. The summed E-state index contributed by atoms with van der Waals surface area (Å²) in [5.41, 5.74) is 0.363. The standard InChI is InChI=1S/C11H23NO/c1-11(2)8-10(9-12-11)6-4-3-5-7-13/h10,12-13H,3-9H2,1-2H3/t10-/m0/s1. The fraction of sp³-hybridized carbons (Fsp3) is 1.00. The largest absolute Gasteiger partial charge is 0.396 e. The van der Waals surface area contributed by atoms with Gasteiger partial charge in [0, 0.05) is 12.1 Å². The van der Waals surface area contributed by atoms with Crippen LogP contribution in [0, 0.1) is 5.92 Å². The molecule has 0 spiro atoms. The van der Waals surface area contributed by atoms with E-state index in [1.165, 1.54) is 32.2 Å². The smallest absolute Gasteiger partial charge is 0.0431 e. The van der Waals surface area contributed by atoms with E-state index in [4.69, 9.17) is 5.11 Å². The third-order valence-corrected chi connectivity index (χ3v) is 2.94. The number of aliphatic hydroxyl groups excluding tert-OH is 1. The van der Waals surface area contributed by atoms with Crippen LogP contribution in [0.15, 0.2) is 0 Å². The minimum Gasteiger partial charge on any atom is -0.396 e. The van der Waals surface area contributed by atoms with E-state index in [9.17, 15) is 0 Å². The summed E-state index contributed by atoms with van der Waals surface area (Å²) in [5, 5.41) is 12.2. The molecule has 2 N–H and O–H groups in total. The van der Waals surface area contributed by atoms with Crippen LogP contribution in [0.25, 0.3) is 0 Å². The van der Waals surface area contributed by atoms with Crippen LogP contribution in [0.2, 0.25) is 0 Å². The van der Waals surface area contributed by atoms with Crippen LogP contribution in [0.3, 0.4) is 0 Å². The number of nitrogens with one attached hydrogen (secondary N) is 1. The predicted molar refractivity (Wildman–Crippen MR) is 55.7 cm³/mol. The molecule has 1 rings (SSSR count). The first-order chi connectivity index (χ1) is 6.14. The van der Waals surface area contributed by atoms with Crippen LogP contribution in [-0.2, 0) is 0 Å². The fourth-order valence-electron chi connectivity index (χ4n) is 2.21. The van der Waals surface area contributed by atoms with Crippen LogP contribution < -0.4 is 5.32 Å². The van der Waals surface area contributed by atoms with E-state index >= 15 is 0 Å². The molecule has 0 amide bonds. The zero-order valence-electron chi connectivity index (χ0n) is 8.97. The van der Waals surface area contributed by atoms with Gasteiger partial charge in [0.05, 0.1) is 0 Å². The van der Waals surface area contributed by atoms with E-state index in [0.717, 1.165) is 12.3 Å². The van der Waals surface area contributed by atoms with Gasteiger partial charge in [0.15, 0.2) is 0 Å². The molecule has 0 aromatic heterocycles. The van der Waals surface area contributed by atoms with Crippen molar-refractivity contribution in [2.75, 3.05) is 13.2 Å². The monoisotopic (exact) mass is 185 g/mol. The fourth-order valence-corrected chi connectivity index (χ4v) is 2.21. The van der Waals surface area contributed by atoms with E-state index in [1.807, 2.05) is 0 Å². The van der Waals surface area contributed by atoms with Crippen LogP contribution in [0.4, 0.5) is 0 Å². The summed E-state index contributed by atoms with van der Waals surface area (Å²) >= 11 is 0. The summed E-state index contributed by atoms with van der Waals surface area (Å²) in [5.74, 6) is 0.869. The van der Waals surface area contributed by atoms with Crippen molar-refractivity contribution in [2.45, 2.75) is 51.5 Å². The molecule has 0 bridgehead atoms. The Bertz CT molecular complexity index is 145. The molecule has 0 radical (unpaired) electrons. The van der Waals surface area contributed by atoms with Crippen molar-refractivity contribution < 1.29 is 5.11 Å². The third kappa shape index (κ3) is 4.10. The molecule has 0 unspecified atom stereocenters. The second-order valence-electron chi connectivity index (χ2n) is 4.91.